The number of hydrogen-bond acceptors (Lipinski definition) is 16. The Hall–Kier alpha value is -8.05. The van der Waals surface area contributed by atoms with Crippen molar-refractivity contribution < 1.29 is 56.9 Å². The first-order valence-electron chi connectivity index (χ1n) is 15.7. The zero-order valence-corrected chi connectivity index (χ0v) is 30.1. The van der Waals surface area contributed by atoms with Crippen LogP contribution in [0.1, 0.15) is 22.5 Å². The van der Waals surface area contributed by atoms with Crippen LogP contribution in [0.3, 0.4) is 0 Å². The minimum Gasteiger partial charge on any atom is -0.501 e. The molecular formula is C34H26CoN10O12. The second-order valence-corrected chi connectivity index (χ2v) is 11.4. The minimum atomic E-state index is -0.947. The maximum Gasteiger partial charge on any atom is 0.319 e. The smallest absolute Gasteiger partial charge is 0.319 e. The van der Waals surface area contributed by atoms with Gasteiger partial charge in [-0.2, -0.15) is 10.2 Å². The van der Waals surface area contributed by atoms with Crippen molar-refractivity contribution in [2.24, 2.45) is 9.98 Å². The number of aromatic nitrogens is 4. The van der Waals surface area contributed by atoms with Crippen LogP contribution in [0.2, 0.25) is 0 Å². The zero-order valence-electron chi connectivity index (χ0n) is 29.1. The van der Waals surface area contributed by atoms with Gasteiger partial charge < -0.3 is 20.4 Å². The Bertz CT molecular complexity index is 2400. The Labute approximate surface area is 328 Å². The Morgan fingerprint density at radius 2 is 0.895 bits per heavy atom. The molecule has 0 fully saturated rings. The second-order valence-electron chi connectivity index (χ2n) is 11.4. The largest absolute Gasteiger partial charge is 0.501 e. The molecule has 0 saturated carbocycles. The van der Waals surface area contributed by atoms with Gasteiger partial charge in [0.15, 0.2) is 0 Å². The molecule has 0 aliphatic heterocycles. The summed E-state index contributed by atoms with van der Waals surface area (Å²) in [6, 6.07) is 20.6. The van der Waals surface area contributed by atoms with Crippen LogP contribution in [0.4, 0.5) is 34.1 Å². The molecule has 57 heavy (non-hydrogen) atoms. The standard InChI is InChI=1S/2C17H13N5O6.Co/c2*1-10-13(17(24)20(19-10)11-5-3-2-4-6-11)9-18-14-7-12(21(25)26)8-15(16(14)23)22(27)28;/h2*2-9,23-24H,1H3;. The summed E-state index contributed by atoms with van der Waals surface area (Å²) in [7, 11) is 0. The average Bonchev–Trinajstić information content (AvgIpc) is 3.62. The van der Waals surface area contributed by atoms with Gasteiger partial charge in [-0.1, -0.05) is 36.4 Å². The summed E-state index contributed by atoms with van der Waals surface area (Å²) in [4.78, 5) is 48.2. The van der Waals surface area contributed by atoms with E-state index in [0.29, 0.717) is 34.9 Å². The van der Waals surface area contributed by atoms with Gasteiger partial charge in [-0.3, -0.25) is 50.4 Å². The average molecular weight is 826 g/mol. The Morgan fingerprint density at radius 1 is 0.561 bits per heavy atom. The van der Waals surface area contributed by atoms with Crippen LogP contribution in [0.25, 0.3) is 11.4 Å². The summed E-state index contributed by atoms with van der Waals surface area (Å²) in [6.07, 6.45) is 2.25. The van der Waals surface area contributed by atoms with E-state index in [9.17, 15) is 60.9 Å². The summed E-state index contributed by atoms with van der Waals surface area (Å²) in [5.74, 6) is -2.13. The predicted octanol–water partition coefficient (Wildman–Crippen LogP) is 6.32. The molecule has 22 nitrogen and oxygen atoms in total. The number of hydrogen-bond donors (Lipinski definition) is 4. The van der Waals surface area contributed by atoms with Crippen molar-refractivity contribution in [2.45, 2.75) is 13.8 Å². The predicted molar refractivity (Wildman–Crippen MR) is 197 cm³/mol. The first-order chi connectivity index (χ1) is 26.6. The van der Waals surface area contributed by atoms with Gasteiger partial charge in [-0.25, -0.2) is 9.36 Å². The Balaban J connectivity index is 0.000000248. The van der Waals surface area contributed by atoms with E-state index >= 15 is 0 Å². The van der Waals surface area contributed by atoms with E-state index in [-0.39, 0.29) is 51.0 Å². The number of aryl methyl sites for hydroxylation is 2. The third-order valence-electron chi connectivity index (χ3n) is 7.75. The zero-order chi connectivity index (χ0) is 40.8. The number of aliphatic imine (C=N–C) groups is 2. The molecule has 0 atom stereocenters. The molecule has 2 heterocycles. The molecule has 6 aromatic rings. The fourth-order valence-corrected chi connectivity index (χ4v) is 4.99. The maximum atomic E-state index is 11.0. The summed E-state index contributed by atoms with van der Waals surface area (Å²) in [6.45, 7) is 3.21. The Morgan fingerprint density at radius 3 is 1.19 bits per heavy atom. The van der Waals surface area contributed by atoms with Gasteiger partial charge in [-0.15, -0.1) is 0 Å². The van der Waals surface area contributed by atoms with Crippen molar-refractivity contribution in [1.82, 2.24) is 19.6 Å². The molecule has 0 spiro atoms. The van der Waals surface area contributed by atoms with Crippen molar-refractivity contribution in [2.75, 3.05) is 0 Å². The molecule has 0 bridgehead atoms. The molecule has 1 radical (unpaired) electrons. The van der Waals surface area contributed by atoms with E-state index in [1.807, 2.05) is 0 Å². The molecule has 0 aliphatic rings. The molecule has 0 saturated heterocycles. The van der Waals surface area contributed by atoms with Gasteiger partial charge in [-0.05, 0) is 38.1 Å². The summed E-state index contributed by atoms with van der Waals surface area (Å²) < 4.78 is 2.54. The maximum absolute atomic E-state index is 11.0. The number of nitro benzene ring substituents is 4. The van der Waals surface area contributed by atoms with Crippen molar-refractivity contribution in [3.63, 3.8) is 0 Å². The van der Waals surface area contributed by atoms with E-state index in [2.05, 4.69) is 20.2 Å². The molecule has 23 heteroatoms. The number of para-hydroxylation sites is 2. The molecule has 0 unspecified atom stereocenters. The fraction of sp³-hybridized carbons (Fsp3) is 0.0588. The summed E-state index contributed by atoms with van der Waals surface area (Å²) in [5, 5.41) is 93.2. The van der Waals surface area contributed by atoms with E-state index in [0.717, 1.165) is 24.6 Å². The summed E-state index contributed by atoms with van der Waals surface area (Å²) in [5.41, 5.74) is -1.30. The van der Waals surface area contributed by atoms with Gasteiger partial charge in [0.2, 0.25) is 23.3 Å². The number of nitrogens with zero attached hydrogens (tertiary/aromatic N) is 10. The second kappa shape index (κ2) is 17.4. The van der Waals surface area contributed by atoms with Crippen LogP contribution in [0.5, 0.6) is 23.3 Å². The van der Waals surface area contributed by atoms with Gasteiger partial charge in [0.05, 0.1) is 65.7 Å². The molecular weight excluding hydrogens is 799 g/mol. The van der Waals surface area contributed by atoms with Gasteiger partial charge in [0.1, 0.15) is 11.4 Å². The number of phenols is 2. The number of benzene rings is 4. The molecule has 2 aromatic heterocycles. The SMILES string of the molecule is Cc1nn(-c2ccccc2)c(O)c1C=Nc1cc([N+](=O)[O-])cc([N+](=O)[O-])c1O.Cc1nn(-c2ccccc2)c(O)c1C=Nc1cc([N+](=O)[O-])cc([N+](=O)[O-])c1O.[Co]. The van der Waals surface area contributed by atoms with Crippen LogP contribution in [-0.4, -0.2) is 72.1 Å². The van der Waals surface area contributed by atoms with Gasteiger partial charge in [0, 0.05) is 41.3 Å². The van der Waals surface area contributed by atoms with Gasteiger partial charge >= 0.3 is 11.4 Å². The molecule has 0 aliphatic carbocycles. The van der Waals surface area contributed by atoms with E-state index in [1.165, 1.54) is 9.36 Å². The molecule has 4 aromatic carbocycles. The van der Waals surface area contributed by atoms with Crippen LogP contribution in [0, 0.1) is 54.3 Å². The first kappa shape index (κ1) is 41.7. The van der Waals surface area contributed by atoms with Gasteiger partial charge in [0.25, 0.3) is 11.4 Å². The molecule has 6 rings (SSSR count). The van der Waals surface area contributed by atoms with Crippen molar-refractivity contribution in [3.8, 4) is 34.6 Å². The number of non-ortho nitro benzene ring substituents is 2. The topological polar surface area (TPSA) is 314 Å². The van der Waals surface area contributed by atoms with Crippen molar-refractivity contribution in [1.29, 1.82) is 0 Å². The fourth-order valence-electron chi connectivity index (χ4n) is 4.99. The molecule has 293 valence electrons. The third kappa shape index (κ3) is 9.02. The van der Waals surface area contributed by atoms with Crippen LogP contribution in [-0.2, 0) is 16.8 Å². The number of aromatic hydroxyl groups is 4. The normalized spacial score (nSPS) is 10.8. The quantitative estimate of drug-likeness (QED) is 0.0668. The number of nitro groups is 4. The third-order valence-corrected chi connectivity index (χ3v) is 7.75. The Kier molecular flexibility index (Phi) is 12.7. The van der Waals surface area contributed by atoms with Crippen molar-refractivity contribution >= 4 is 46.6 Å². The van der Waals surface area contributed by atoms with Crippen LogP contribution >= 0.6 is 0 Å². The number of rotatable bonds is 10. The van der Waals surface area contributed by atoms with E-state index in [4.69, 9.17) is 0 Å². The van der Waals surface area contributed by atoms with E-state index < -0.39 is 53.9 Å². The molecule has 4 N–H and O–H groups in total. The van der Waals surface area contributed by atoms with Crippen molar-refractivity contribution in [3.05, 3.63) is 148 Å². The van der Waals surface area contributed by atoms with E-state index in [1.54, 1.807) is 74.5 Å². The minimum absolute atomic E-state index is 0. The van der Waals surface area contributed by atoms with Crippen LogP contribution < -0.4 is 0 Å². The molecule has 0 amide bonds. The first-order valence-corrected chi connectivity index (χ1v) is 15.7. The van der Waals surface area contributed by atoms with Crippen LogP contribution in [0.15, 0.2) is 94.9 Å². The summed E-state index contributed by atoms with van der Waals surface area (Å²) >= 11 is 0. The monoisotopic (exact) mass is 825 g/mol. The number of phenolic OH excluding ortho intramolecular Hbond substituents is 2.